The van der Waals surface area contributed by atoms with Crippen LogP contribution in [0.15, 0.2) is 54.6 Å². The molecule has 0 aliphatic carbocycles. The quantitative estimate of drug-likeness (QED) is 0.502. The van der Waals surface area contributed by atoms with Crippen LogP contribution in [0, 0.1) is 19.7 Å². The summed E-state index contributed by atoms with van der Waals surface area (Å²) in [6.45, 7) is 7.93. The van der Waals surface area contributed by atoms with Crippen molar-refractivity contribution in [1.82, 2.24) is 0 Å². The average molecular weight is 340 g/mol. The highest BCUT2D eigenvalue weighted by atomic mass is 32.1. The molecule has 0 N–H and O–H groups in total. The zero-order chi connectivity index (χ0) is 17.7. The Kier molecular flexibility index (Phi) is 6.04. The Labute approximate surface area is 146 Å². The van der Waals surface area contributed by atoms with E-state index in [0.717, 1.165) is 27.1 Å². The van der Waals surface area contributed by atoms with E-state index in [1.807, 2.05) is 58.0 Å². The molecule has 0 unspecified atom stereocenters. The van der Waals surface area contributed by atoms with E-state index in [9.17, 15) is 9.18 Å². The lowest BCUT2D eigenvalue weighted by Gasteiger charge is -2.04. The molecule has 3 aromatic rings. The third-order valence-corrected chi connectivity index (χ3v) is 4.73. The summed E-state index contributed by atoms with van der Waals surface area (Å²) in [4.78, 5) is 14.3. The molecule has 1 aromatic heterocycles. The van der Waals surface area contributed by atoms with Gasteiger partial charge in [-0.3, -0.25) is 4.79 Å². The van der Waals surface area contributed by atoms with Gasteiger partial charge in [0.2, 0.25) is 5.78 Å². The Bertz CT molecular complexity index is 831. The van der Waals surface area contributed by atoms with E-state index in [1.54, 1.807) is 12.1 Å². The summed E-state index contributed by atoms with van der Waals surface area (Å²) in [6.07, 6.45) is 0. The second-order valence-electron chi connectivity index (χ2n) is 5.32. The predicted octanol–water partition coefficient (Wildman–Crippen LogP) is 6.43. The van der Waals surface area contributed by atoms with Crippen molar-refractivity contribution in [2.45, 2.75) is 27.7 Å². The minimum Gasteiger partial charge on any atom is -0.288 e. The zero-order valence-corrected chi connectivity index (χ0v) is 15.2. The predicted molar refractivity (Wildman–Crippen MR) is 100 cm³/mol. The van der Waals surface area contributed by atoms with Gasteiger partial charge < -0.3 is 0 Å². The van der Waals surface area contributed by atoms with Gasteiger partial charge in [-0.1, -0.05) is 43.7 Å². The minimum absolute atomic E-state index is 0.0413. The molecule has 24 heavy (non-hydrogen) atoms. The van der Waals surface area contributed by atoms with Gasteiger partial charge in [-0.15, -0.1) is 11.3 Å². The number of ketones is 1. The largest absolute Gasteiger partial charge is 0.288 e. The first-order valence-corrected chi connectivity index (χ1v) is 8.84. The summed E-state index contributed by atoms with van der Waals surface area (Å²) < 4.78 is 13.0. The van der Waals surface area contributed by atoms with Crippen molar-refractivity contribution in [2.75, 3.05) is 0 Å². The van der Waals surface area contributed by atoms with Crippen molar-refractivity contribution in [3.8, 4) is 10.4 Å². The molecule has 1 nitrogen and oxygen atoms in total. The fourth-order valence-corrected chi connectivity index (χ4v) is 3.31. The van der Waals surface area contributed by atoms with Gasteiger partial charge in [0.05, 0.1) is 4.88 Å². The van der Waals surface area contributed by atoms with Gasteiger partial charge in [0.1, 0.15) is 5.82 Å². The number of benzene rings is 2. The Hall–Kier alpha value is -2.26. The van der Waals surface area contributed by atoms with Crippen molar-refractivity contribution >= 4 is 17.1 Å². The van der Waals surface area contributed by atoms with Crippen LogP contribution in [0.4, 0.5) is 4.39 Å². The smallest absolute Gasteiger partial charge is 0.203 e. The van der Waals surface area contributed by atoms with Gasteiger partial charge >= 0.3 is 0 Å². The lowest BCUT2D eigenvalue weighted by Crippen LogP contribution is -2.01. The second-order valence-corrected chi connectivity index (χ2v) is 6.40. The number of thiophene rings is 1. The molecule has 0 bridgehead atoms. The third kappa shape index (κ3) is 3.98. The van der Waals surface area contributed by atoms with Crippen LogP contribution < -0.4 is 0 Å². The van der Waals surface area contributed by atoms with Crippen molar-refractivity contribution in [3.63, 3.8) is 0 Å². The summed E-state index contributed by atoms with van der Waals surface area (Å²) in [6, 6.07) is 16.0. The summed E-state index contributed by atoms with van der Waals surface area (Å²) >= 11 is 1.44. The molecule has 3 heteroatoms. The lowest BCUT2D eigenvalue weighted by molar-refractivity contribution is 0.104. The molecule has 0 saturated heterocycles. The molecule has 0 radical (unpaired) electrons. The molecule has 0 amide bonds. The van der Waals surface area contributed by atoms with Crippen LogP contribution in [0.5, 0.6) is 0 Å². The van der Waals surface area contributed by atoms with E-state index in [0.29, 0.717) is 4.88 Å². The highest BCUT2D eigenvalue weighted by molar-refractivity contribution is 7.17. The lowest BCUT2D eigenvalue weighted by atomic mass is 10.0. The topological polar surface area (TPSA) is 17.1 Å². The second kappa shape index (κ2) is 8.02. The molecule has 0 aliphatic rings. The fourth-order valence-electron chi connectivity index (χ4n) is 2.34. The number of aryl methyl sites for hydroxylation is 2. The first kappa shape index (κ1) is 18.1. The Morgan fingerprint density at radius 1 is 0.917 bits per heavy atom. The molecule has 0 spiro atoms. The average Bonchev–Trinajstić information content (AvgIpc) is 3.09. The van der Waals surface area contributed by atoms with E-state index in [4.69, 9.17) is 0 Å². The van der Waals surface area contributed by atoms with Crippen molar-refractivity contribution < 1.29 is 9.18 Å². The number of rotatable bonds is 3. The Morgan fingerprint density at radius 2 is 1.58 bits per heavy atom. The third-order valence-electron chi connectivity index (χ3n) is 3.60. The van der Waals surface area contributed by atoms with E-state index in [-0.39, 0.29) is 11.6 Å². The molecule has 3 rings (SSSR count). The van der Waals surface area contributed by atoms with Gasteiger partial charge in [0.25, 0.3) is 0 Å². The number of hydrogen-bond acceptors (Lipinski definition) is 2. The fraction of sp³-hybridized carbons (Fsp3) is 0.190. The van der Waals surface area contributed by atoms with E-state index in [2.05, 4.69) is 0 Å². The van der Waals surface area contributed by atoms with Gasteiger partial charge in [0, 0.05) is 10.4 Å². The van der Waals surface area contributed by atoms with E-state index < -0.39 is 0 Å². The molecule has 0 aliphatic heterocycles. The summed E-state index contributed by atoms with van der Waals surface area (Å²) in [5.41, 5.74) is 3.72. The van der Waals surface area contributed by atoms with Crippen LogP contribution in [0.2, 0.25) is 0 Å². The number of carbonyl (C=O) groups is 1. The zero-order valence-electron chi connectivity index (χ0n) is 14.4. The van der Waals surface area contributed by atoms with Crippen LogP contribution in [0.25, 0.3) is 10.4 Å². The molecule has 2 aromatic carbocycles. The number of halogens is 1. The molecule has 0 fully saturated rings. The number of hydrogen-bond donors (Lipinski definition) is 0. The van der Waals surface area contributed by atoms with Gasteiger partial charge in [-0.05, 0) is 55.3 Å². The maximum Gasteiger partial charge on any atom is 0.203 e. The van der Waals surface area contributed by atoms with Crippen LogP contribution in [-0.2, 0) is 0 Å². The SMILES string of the molecule is CC.Cc1ccc(C)c(C(=O)c2ccc(-c3ccc(F)cc3)s2)c1. The highest BCUT2D eigenvalue weighted by Gasteiger charge is 2.15. The van der Waals surface area contributed by atoms with E-state index >= 15 is 0 Å². The first-order valence-electron chi connectivity index (χ1n) is 8.02. The Balaban J connectivity index is 0.00000100. The normalized spacial score (nSPS) is 10.0. The summed E-state index contributed by atoms with van der Waals surface area (Å²) in [5, 5.41) is 0. The highest BCUT2D eigenvalue weighted by Crippen LogP contribution is 2.30. The van der Waals surface area contributed by atoms with Gasteiger partial charge in [-0.2, -0.15) is 0 Å². The summed E-state index contributed by atoms with van der Waals surface area (Å²) in [7, 11) is 0. The van der Waals surface area contributed by atoms with Gasteiger partial charge in [0.15, 0.2) is 0 Å². The Morgan fingerprint density at radius 3 is 2.25 bits per heavy atom. The standard InChI is InChI=1S/C19H15FOS.C2H6/c1-12-3-4-13(2)16(11-12)19(21)18-10-9-17(22-18)14-5-7-15(20)8-6-14;1-2/h3-11H,1-2H3;1-2H3. The van der Waals surface area contributed by atoms with E-state index in [1.165, 1.54) is 23.5 Å². The molecular formula is C21H21FOS. The summed E-state index contributed by atoms with van der Waals surface area (Å²) in [5.74, 6) is -0.216. The monoisotopic (exact) mass is 340 g/mol. The molecule has 1 heterocycles. The maximum atomic E-state index is 13.0. The van der Waals surface area contributed by atoms with Crippen LogP contribution >= 0.6 is 11.3 Å². The van der Waals surface area contributed by atoms with Gasteiger partial charge in [-0.25, -0.2) is 4.39 Å². The number of carbonyl (C=O) groups excluding carboxylic acids is 1. The van der Waals surface area contributed by atoms with Crippen molar-refractivity contribution in [1.29, 1.82) is 0 Å². The maximum absolute atomic E-state index is 13.0. The molecule has 0 atom stereocenters. The van der Waals surface area contributed by atoms with Crippen molar-refractivity contribution in [3.05, 3.63) is 82.0 Å². The minimum atomic E-state index is -0.257. The first-order chi connectivity index (χ1) is 11.5. The van der Waals surface area contributed by atoms with Crippen LogP contribution in [0.1, 0.15) is 40.2 Å². The molecule has 124 valence electrons. The van der Waals surface area contributed by atoms with Crippen molar-refractivity contribution in [2.24, 2.45) is 0 Å². The van der Waals surface area contributed by atoms with Crippen LogP contribution in [-0.4, -0.2) is 5.78 Å². The van der Waals surface area contributed by atoms with Crippen LogP contribution in [0.3, 0.4) is 0 Å². The molecule has 0 saturated carbocycles. The molecular weight excluding hydrogens is 319 g/mol.